The van der Waals surface area contributed by atoms with Gasteiger partial charge in [-0.1, -0.05) is 29.0 Å². The topological polar surface area (TPSA) is 54.6 Å². The van der Waals surface area contributed by atoms with Gasteiger partial charge in [0.25, 0.3) is 0 Å². The van der Waals surface area contributed by atoms with Crippen LogP contribution < -0.4 is 0 Å². The molecule has 1 aromatic carbocycles. The molecule has 1 N–H and O–H groups in total. The van der Waals surface area contributed by atoms with Gasteiger partial charge in [-0.05, 0) is 25.5 Å². The van der Waals surface area contributed by atoms with Crippen molar-refractivity contribution in [3.8, 4) is 11.3 Å². The summed E-state index contributed by atoms with van der Waals surface area (Å²) in [6.07, 6.45) is 3.49. The Labute approximate surface area is 114 Å². The maximum absolute atomic E-state index is 11.4. The molecule has 3 aromatic rings. The Morgan fingerprint density at radius 2 is 2.16 bits per heavy atom. The minimum absolute atomic E-state index is 0.330. The second kappa shape index (κ2) is 4.20. The summed E-state index contributed by atoms with van der Waals surface area (Å²) in [5.41, 5.74) is 3.82. The Balaban J connectivity index is 2.39. The van der Waals surface area contributed by atoms with Gasteiger partial charge in [-0.2, -0.15) is 0 Å². The van der Waals surface area contributed by atoms with Crippen molar-refractivity contribution in [1.82, 2.24) is 9.38 Å². The van der Waals surface area contributed by atoms with E-state index in [1.165, 1.54) is 11.3 Å². The van der Waals surface area contributed by atoms with Crippen molar-refractivity contribution in [1.29, 1.82) is 0 Å². The van der Waals surface area contributed by atoms with Crippen LogP contribution in [0, 0.1) is 13.8 Å². The third-order valence-corrected chi connectivity index (χ3v) is 4.16. The monoisotopic (exact) mass is 272 g/mol. The Morgan fingerprint density at radius 1 is 1.37 bits per heavy atom. The number of nitrogens with zero attached hydrogens (tertiary/aromatic N) is 2. The van der Waals surface area contributed by atoms with Gasteiger partial charge in [-0.3, -0.25) is 4.40 Å². The lowest BCUT2D eigenvalue weighted by Gasteiger charge is -2.07. The van der Waals surface area contributed by atoms with Gasteiger partial charge in [0.1, 0.15) is 4.88 Å². The number of imidazole rings is 1. The van der Waals surface area contributed by atoms with E-state index in [0.717, 1.165) is 16.7 Å². The lowest BCUT2D eigenvalue weighted by molar-refractivity contribution is 0.0702. The molecule has 4 nitrogen and oxygen atoms in total. The van der Waals surface area contributed by atoms with Crippen LogP contribution in [0.4, 0.5) is 0 Å². The second-order valence-electron chi connectivity index (χ2n) is 4.48. The van der Waals surface area contributed by atoms with Gasteiger partial charge in [-0.25, -0.2) is 9.78 Å². The molecule has 3 rings (SSSR count). The van der Waals surface area contributed by atoms with Gasteiger partial charge < -0.3 is 5.11 Å². The van der Waals surface area contributed by atoms with Gasteiger partial charge in [0, 0.05) is 18.0 Å². The highest BCUT2D eigenvalue weighted by Crippen LogP contribution is 2.33. The molecule has 0 aliphatic rings. The average molecular weight is 272 g/mol. The number of aromatic nitrogens is 2. The maximum atomic E-state index is 11.4. The van der Waals surface area contributed by atoms with Crippen LogP contribution in [0.25, 0.3) is 16.2 Å². The fraction of sp³-hybridized carbons (Fsp3) is 0.143. The van der Waals surface area contributed by atoms with Crippen LogP contribution >= 0.6 is 11.3 Å². The predicted molar refractivity (Wildman–Crippen MR) is 74.9 cm³/mol. The van der Waals surface area contributed by atoms with E-state index < -0.39 is 5.97 Å². The van der Waals surface area contributed by atoms with Crippen LogP contribution in [-0.4, -0.2) is 20.5 Å². The smallest absolute Gasteiger partial charge is 0.348 e. The zero-order valence-corrected chi connectivity index (χ0v) is 11.4. The number of rotatable bonds is 2. The molecule has 0 bridgehead atoms. The first-order valence-electron chi connectivity index (χ1n) is 5.84. The number of benzene rings is 1. The summed E-state index contributed by atoms with van der Waals surface area (Å²) in [6, 6.07) is 6.05. The van der Waals surface area contributed by atoms with E-state index in [-0.39, 0.29) is 0 Å². The molecule has 0 amide bonds. The molecular weight excluding hydrogens is 260 g/mol. The van der Waals surface area contributed by atoms with Crippen LogP contribution in [0.5, 0.6) is 0 Å². The number of hydrogen-bond donors (Lipinski definition) is 1. The summed E-state index contributed by atoms with van der Waals surface area (Å²) >= 11 is 1.20. The van der Waals surface area contributed by atoms with Crippen molar-refractivity contribution in [3.63, 3.8) is 0 Å². The van der Waals surface area contributed by atoms with E-state index in [1.54, 1.807) is 12.4 Å². The lowest BCUT2D eigenvalue weighted by Crippen LogP contribution is -1.99. The number of carboxylic acid groups (broad SMARTS) is 1. The van der Waals surface area contributed by atoms with Crippen molar-refractivity contribution in [3.05, 3.63) is 46.6 Å². The number of aryl methyl sites for hydroxylation is 2. The highest BCUT2D eigenvalue weighted by atomic mass is 32.1. The molecule has 2 aromatic heterocycles. The maximum Gasteiger partial charge on any atom is 0.348 e. The number of carbonyl (C=O) groups is 1. The fourth-order valence-electron chi connectivity index (χ4n) is 2.17. The average Bonchev–Trinajstić information content (AvgIpc) is 2.92. The molecule has 0 aliphatic heterocycles. The molecule has 96 valence electrons. The minimum Gasteiger partial charge on any atom is -0.477 e. The van der Waals surface area contributed by atoms with Gasteiger partial charge in [0.2, 0.25) is 0 Å². The Bertz CT molecular complexity index is 786. The first-order chi connectivity index (χ1) is 9.08. The summed E-state index contributed by atoms with van der Waals surface area (Å²) in [5, 5.41) is 9.38. The number of carboxylic acids is 1. The summed E-state index contributed by atoms with van der Waals surface area (Å²) in [4.78, 5) is 16.6. The van der Waals surface area contributed by atoms with Crippen molar-refractivity contribution in [2.24, 2.45) is 0 Å². The largest absolute Gasteiger partial charge is 0.477 e. The second-order valence-corrected chi connectivity index (χ2v) is 5.46. The van der Waals surface area contributed by atoms with Crippen LogP contribution in [0.3, 0.4) is 0 Å². The molecule has 0 radical (unpaired) electrons. The molecule has 0 saturated carbocycles. The standard InChI is InChI=1S/C14H12N2O2S/c1-8-3-4-9(2)10(7-8)11-12(13(17)18)19-14-15-5-6-16(11)14/h3-7H,1-2H3,(H,17,18). The Kier molecular flexibility index (Phi) is 2.64. The van der Waals surface area contributed by atoms with Gasteiger partial charge in [-0.15, -0.1) is 0 Å². The van der Waals surface area contributed by atoms with Crippen molar-refractivity contribution in [2.45, 2.75) is 13.8 Å². The van der Waals surface area contributed by atoms with Gasteiger partial charge in [0.05, 0.1) is 5.69 Å². The Hall–Kier alpha value is -2.14. The summed E-state index contributed by atoms with van der Waals surface area (Å²) < 4.78 is 1.84. The zero-order chi connectivity index (χ0) is 13.6. The Morgan fingerprint density at radius 3 is 2.89 bits per heavy atom. The number of fused-ring (bicyclic) bond motifs is 1. The molecule has 0 aliphatic carbocycles. The van der Waals surface area contributed by atoms with Crippen molar-refractivity contribution >= 4 is 22.3 Å². The van der Waals surface area contributed by atoms with Gasteiger partial charge >= 0.3 is 5.97 Å². The number of aromatic carboxylic acids is 1. The molecule has 5 heteroatoms. The van der Waals surface area contributed by atoms with Crippen molar-refractivity contribution in [2.75, 3.05) is 0 Å². The van der Waals surface area contributed by atoms with E-state index in [0.29, 0.717) is 15.5 Å². The van der Waals surface area contributed by atoms with E-state index >= 15 is 0 Å². The van der Waals surface area contributed by atoms with Crippen LogP contribution in [-0.2, 0) is 0 Å². The normalized spacial score (nSPS) is 11.1. The van der Waals surface area contributed by atoms with E-state index in [4.69, 9.17) is 0 Å². The molecule has 2 heterocycles. The third kappa shape index (κ3) is 1.82. The minimum atomic E-state index is -0.911. The predicted octanol–water partition coefficient (Wildman–Crippen LogP) is 3.38. The lowest BCUT2D eigenvalue weighted by atomic mass is 10.0. The fourth-order valence-corrected chi connectivity index (χ4v) is 3.11. The summed E-state index contributed by atoms with van der Waals surface area (Å²) in [5.74, 6) is -0.911. The molecule has 0 saturated heterocycles. The molecule has 19 heavy (non-hydrogen) atoms. The highest BCUT2D eigenvalue weighted by molar-refractivity contribution is 7.19. The van der Waals surface area contributed by atoms with Crippen LogP contribution in [0.1, 0.15) is 20.8 Å². The third-order valence-electron chi connectivity index (χ3n) is 3.10. The van der Waals surface area contributed by atoms with Gasteiger partial charge in [0.15, 0.2) is 4.96 Å². The summed E-state index contributed by atoms with van der Waals surface area (Å²) in [6.45, 7) is 3.99. The molecule has 0 atom stereocenters. The SMILES string of the molecule is Cc1ccc(C)c(-c2c(C(=O)O)sc3nccn23)c1. The first-order valence-corrected chi connectivity index (χ1v) is 6.66. The zero-order valence-electron chi connectivity index (χ0n) is 10.5. The van der Waals surface area contributed by atoms with E-state index in [2.05, 4.69) is 4.98 Å². The quantitative estimate of drug-likeness (QED) is 0.778. The van der Waals surface area contributed by atoms with Crippen molar-refractivity contribution < 1.29 is 9.90 Å². The van der Waals surface area contributed by atoms with E-state index in [1.807, 2.05) is 36.4 Å². The molecule has 0 unspecified atom stereocenters. The van der Waals surface area contributed by atoms with Crippen LogP contribution in [0.2, 0.25) is 0 Å². The van der Waals surface area contributed by atoms with E-state index in [9.17, 15) is 9.90 Å². The number of thiazole rings is 1. The molecule has 0 spiro atoms. The first kappa shape index (κ1) is 11.9. The highest BCUT2D eigenvalue weighted by Gasteiger charge is 2.21. The summed E-state index contributed by atoms with van der Waals surface area (Å²) in [7, 11) is 0. The molecule has 0 fully saturated rings. The molecular formula is C14H12N2O2S. The number of hydrogen-bond acceptors (Lipinski definition) is 3. The van der Waals surface area contributed by atoms with Crippen LogP contribution in [0.15, 0.2) is 30.6 Å².